The summed E-state index contributed by atoms with van der Waals surface area (Å²) in [5.41, 5.74) is 2.87. The summed E-state index contributed by atoms with van der Waals surface area (Å²) in [6.07, 6.45) is 3.70. The third-order valence-corrected chi connectivity index (χ3v) is 3.60. The fraction of sp³-hybridized carbons (Fsp3) is 0.385. The van der Waals surface area contributed by atoms with Crippen molar-refractivity contribution in [2.45, 2.75) is 25.4 Å². The van der Waals surface area contributed by atoms with E-state index in [0.717, 1.165) is 25.9 Å². The van der Waals surface area contributed by atoms with E-state index in [9.17, 15) is 0 Å². The van der Waals surface area contributed by atoms with Crippen LogP contribution in [0.4, 0.5) is 0 Å². The van der Waals surface area contributed by atoms with Crippen LogP contribution in [0.15, 0.2) is 40.0 Å². The number of rotatable bonds is 3. The highest BCUT2D eigenvalue weighted by Crippen LogP contribution is 2.25. The molecule has 1 heterocycles. The Kier molecular flexibility index (Phi) is 4.20. The molecule has 0 radical (unpaired) electrons. The van der Waals surface area contributed by atoms with Gasteiger partial charge < -0.3 is 4.74 Å². The van der Waals surface area contributed by atoms with Gasteiger partial charge in [-0.1, -0.05) is 52.9 Å². The first-order valence-corrected chi connectivity index (χ1v) is 6.59. The summed E-state index contributed by atoms with van der Waals surface area (Å²) in [5, 5.41) is 0. The minimum absolute atomic E-state index is 0.363. The van der Waals surface area contributed by atoms with Crippen LogP contribution in [-0.4, -0.2) is 12.7 Å². The van der Waals surface area contributed by atoms with Gasteiger partial charge in [-0.15, -0.1) is 0 Å². The van der Waals surface area contributed by atoms with Crippen molar-refractivity contribution in [3.63, 3.8) is 0 Å². The quantitative estimate of drug-likeness (QED) is 0.773. The number of benzene rings is 1. The lowest BCUT2D eigenvalue weighted by Gasteiger charge is -2.10. The normalized spacial score (nSPS) is 23.5. The lowest BCUT2D eigenvalue weighted by atomic mass is 10.0. The summed E-state index contributed by atoms with van der Waals surface area (Å²) < 4.78 is 7.89. The summed E-state index contributed by atoms with van der Waals surface area (Å²) >= 11 is 2.32. The molecule has 1 aliphatic rings. The van der Waals surface area contributed by atoms with E-state index >= 15 is 0 Å². The molecule has 0 saturated carbocycles. The van der Waals surface area contributed by atoms with E-state index in [2.05, 4.69) is 57.0 Å². The van der Waals surface area contributed by atoms with Gasteiger partial charge in [0.1, 0.15) is 0 Å². The molecule has 1 aromatic carbocycles. The van der Waals surface area contributed by atoms with Gasteiger partial charge in [-0.25, -0.2) is 0 Å². The molecule has 2 heteroatoms. The SMILES string of the molecule is I/C=C1\CCOC1CCc1ccccc1. The van der Waals surface area contributed by atoms with Crippen molar-refractivity contribution in [1.82, 2.24) is 0 Å². The molecule has 1 nitrogen and oxygen atoms in total. The topological polar surface area (TPSA) is 9.23 Å². The number of aryl methyl sites for hydroxylation is 1. The van der Waals surface area contributed by atoms with Gasteiger partial charge in [0.2, 0.25) is 0 Å². The number of hydrogen-bond donors (Lipinski definition) is 0. The van der Waals surface area contributed by atoms with Crippen LogP contribution in [0.3, 0.4) is 0 Å². The Balaban J connectivity index is 1.88. The highest BCUT2D eigenvalue weighted by atomic mass is 127. The second kappa shape index (κ2) is 5.66. The second-order valence-electron chi connectivity index (χ2n) is 3.82. The van der Waals surface area contributed by atoms with Gasteiger partial charge in [-0.05, 0) is 34.5 Å². The largest absolute Gasteiger partial charge is 0.373 e. The van der Waals surface area contributed by atoms with Crippen LogP contribution in [-0.2, 0) is 11.2 Å². The monoisotopic (exact) mass is 314 g/mol. The first-order chi connectivity index (χ1) is 7.40. The van der Waals surface area contributed by atoms with Crippen LogP contribution in [0, 0.1) is 0 Å². The zero-order chi connectivity index (χ0) is 10.5. The molecular weight excluding hydrogens is 299 g/mol. The van der Waals surface area contributed by atoms with E-state index in [1.54, 1.807) is 0 Å². The summed E-state index contributed by atoms with van der Waals surface area (Å²) in [7, 11) is 0. The van der Waals surface area contributed by atoms with Gasteiger partial charge >= 0.3 is 0 Å². The molecular formula is C13H15IO. The minimum atomic E-state index is 0.363. The Bertz CT molecular complexity index is 332. The van der Waals surface area contributed by atoms with Gasteiger partial charge in [-0.2, -0.15) is 0 Å². The Morgan fingerprint density at radius 1 is 1.33 bits per heavy atom. The lowest BCUT2D eigenvalue weighted by molar-refractivity contribution is 0.118. The molecule has 0 amide bonds. The Labute approximate surface area is 105 Å². The van der Waals surface area contributed by atoms with Crippen molar-refractivity contribution in [2.24, 2.45) is 0 Å². The highest BCUT2D eigenvalue weighted by Gasteiger charge is 2.20. The summed E-state index contributed by atoms with van der Waals surface area (Å²) in [6.45, 7) is 0.897. The molecule has 80 valence electrons. The predicted molar refractivity (Wildman–Crippen MR) is 71.2 cm³/mol. The smallest absolute Gasteiger partial charge is 0.0796 e. The molecule has 0 bridgehead atoms. The average molecular weight is 314 g/mol. The molecule has 1 saturated heterocycles. The van der Waals surface area contributed by atoms with Gasteiger partial charge in [0.05, 0.1) is 12.7 Å². The fourth-order valence-corrected chi connectivity index (χ4v) is 2.64. The van der Waals surface area contributed by atoms with Crippen molar-refractivity contribution in [3.8, 4) is 0 Å². The lowest BCUT2D eigenvalue weighted by Crippen LogP contribution is -2.08. The molecule has 0 aromatic heterocycles. The molecule has 0 N–H and O–H groups in total. The van der Waals surface area contributed by atoms with Gasteiger partial charge in [0.25, 0.3) is 0 Å². The first-order valence-electron chi connectivity index (χ1n) is 5.35. The number of halogens is 1. The third kappa shape index (κ3) is 3.05. The fourth-order valence-electron chi connectivity index (χ4n) is 1.92. The maximum atomic E-state index is 5.71. The van der Waals surface area contributed by atoms with E-state index in [4.69, 9.17) is 4.74 Å². The van der Waals surface area contributed by atoms with Crippen molar-refractivity contribution in [1.29, 1.82) is 0 Å². The molecule has 1 unspecified atom stereocenters. The van der Waals surface area contributed by atoms with Crippen LogP contribution in [0.25, 0.3) is 0 Å². The number of hydrogen-bond acceptors (Lipinski definition) is 1. The molecule has 2 rings (SSSR count). The van der Waals surface area contributed by atoms with Crippen molar-refractivity contribution < 1.29 is 4.74 Å². The second-order valence-corrected chi connectivity index (χ2v) is 4.44. The first kappa shape index (κ1) is 11.1. The van der Waals surface area contributed by atoms with E-state index in [0.29, 0.717) is 6.10 Å². The molecule has 0 spiro atoms. The van der Waals surface area contributed by atoms with Gasteiger partial charge in [-0.3, -0.25) is 0 Å². The molecule has 1 aliphatic heterocycles. The van der Waals surface area contributed by atoms with Gasteiger partial charge in [0.15, 0.2) is 0 Å². The Morgan fingerprint density at radius 2 is 2.13 bits per heavy atom. The zero-order valence-electron chi connectivity index (χ0n) is 8.66. The summed E-state index contributed by atoms with van der Waals surface area (Å²) in [5.74, 6) is 0. The maximum absolute atomic E-state index is 5.71. The van der Waals surface area contributed by atoms with Crippen LogP contribution < -0.4 is 0 Å². The average Bonchev–Trinajstić information content (AvgIpc) is 2.75. The number of ether oxygens (including phenoxy) is 1. The molecule has 1 aromatic rings. The summed E-state index contributed by atoms with van der Waals surface area (Å²) in [6, 6.07) is 10.6. The van der Waals surface area contributed by atoms with Crippen LogP contribution in [0.2, 0.25) is 0 Å². The molecule has 1 atom stereocenters. The molecule has 1 fully saturated rings. The van der Waals surface area contributed by atoms with Gasteiger partial charge in [0, 0.05) is 0 Å². The van der Waals surface area contributed by atoms with Crippen LogP contribution in [0.1, 0.15) is 18.4 Å². The highest BCUT2D eigenvalue weighted by molar-refractivity contribution is 14.1. The standard InChI is InChI=1S/C13H15IO/c14-10-12-8-9-15-13(12)7-6-11-4-2-1-3-5-11/h1-5,10,13H,6-9H2/b12-10+. The van der Waals surface area contributed by atoms with Crippen molar-refractivity contribution in [3.05, 3.63) is 45.6 Å². The Morgan fingerprint density at radius 3 is 2.87 bits per heavy atom. The van der Waals surface area contributed by atoms with Crippen molar-refractivity contribution in [2.75, 3.05) is 6.61 Å². The van der Waals surface area contributed by atoms with Crippen LogP contribution in [0.5, 0.6) is 0 Å². The predicted octanol–water partition coefficient (Wildman–Crippen LogP) is 3.73. The van der Waals surface area contributed by atoms with Crippen LogP contribution >= 0.6 is 22.6 Å². The molecule has 0 aliphatic carbocycles. The summed E-state index contributed by atoms with van der Waals surface area (Å²) in [4.78, 5) is 0. The van der Waals surface area contributed by atoms with E-state index in [1.807, 2.05) is 0 Å². The van der Waals surface area contributed by atoms with Crippen molar-refractivity contribution >= 4 is 22.6 Å². The van der Waals surface area contributed by atoms with E-state index < -0.39 is 0 Å². The minimum Gasteiger partial charge on any atom is -0.373 e. The third-order valence-electron chi connectivity index (χ3n) is 2.80. The molecule has 15 heavy (non-hydrogen) atoms. The van der Waals surface area contributed by atoms with E-state index in [-0.39, 0.29) is 0 Å². The maximum Gasteiger partial charge on any atom is 0.0796 e. The van der Waals surface area contributed by atoms with E-state index in [1.165, 1.54) is 11.1 Å². The Hall–Kier alpha value is -0.350. The zero-order valence-corrected chi connectivity index (χ0v) is 10.8.